The van der Waals surface area contributed by atoms with Crippen molar-refractivity contribution in [3.8, 4) is 11.5 Å². The number of methoxy groups -OCH3 is 1. The third-order valence-electron chi connectivity index (χ3n) is 3.55. The van der Waals surface area contributed by atoms with Crippen LogP contribution < -0.4 is 113 Å². The Morgan fingerprint density at radius 1 is 0.970 bits per heavy atom. The molecule has 0 saturated carbocycles. The maximum atomic E-state index is 9.20. The second-order valence-corrected chi connectivity index (χ2v) is 6.19. The van der Waals surface area contributed by atoms with Gasteiger partial charge in [0, 0.05) is 35.3 Å². The van der Waals surface area contributed by atoms with E-state index in [1.165, 1.54) is 6.07 Å². The topological polar surface area (TPSA) is 105 Å². The number of pyridine rings is 2. The fraction of sp³-hybridized carbons (Fsp3) is 0.0952. The van der Waals surface area contributed by atoms with E-state index < -0.39 is 0 Å². The van der Waals surface area contributed by atoms with Gasteiger partial charge >= 0.3 is 103 Å². The molecule has 4 rings (SSSR count). The monoisotopic (exact) mass is 654 g/mol. The van der Waals surface area contributed by atoms with E-state index in [-0.39, 0.29) is 116 Å². The molecular weight excluding hydrogens is 636 g/mol. The van der Waals surface area contributed by atoms with E-state index in [4.69, 9.17) is 38.0 Å². The number of halogens is 3. The van der Waals surface area contributed by atoms with E-state index in [0.29, 0.717) is 10.0 Å². The maximum absolute atomic E-state index is 9.20. The SMILES string of the molecule is CI.COc1cc(Cl)c2ncccc2c1.O=CO[O-].Oc1cc(Cl)c2ncccc2c1.[H-].[K+].[K+]. The molecule has 0 saturated heterocycles. The Kier molecular flexibility index (Phi) is 22.9. The van der Waals surface area contributed by atoms with E-state index in [1.807, 2.05) is 29.2 Å². The summed E-state index contributed by atoms with van der Waals surface area (Å²) in [4.78, 5) is 21.5. The number of carbonyl (C=O) groups excluding carboxylic acids is 1. The van der Waals surface area contributed by atoms with Crippen molar-refractivity contribution in [2.45, 2.75) is 0 Å². The molecule has 0 atom stereocenters. The normalized spacial score (nSPS) is 8.67. The van der Waals surface area contributed by atoms with Crippen LogP contribution in [0.2, 0.25) is 10.0 Å². The summed E-state index contributed by atoms with van der Waals surface area (Å²) in [5, 5.41) is 20.6. The summed E-state index contributed by atoms with van der Waals surface area (Å²) >= 11 is 14.0. The second kappa shape index (κ2) is 21.0. The van der Waals surface area contributed by atoms with Crippen molar-refractivity contribution in [3.63, 3.8) is 0 Å². The minimum Gasteiger partial charge on any atom is -1.00 e. The summed E-state index contributed by atoms with van der Waals surface area (Å²) in [6.07, 6.45) is 3.39. The van der Waals surface area contributed by atoms with E-state index in [0.717, 1.165) is 27.6 Å². The summed E-state index contributed by atoms with van der Waals surface area (Å²) in [7, 11) is 1.62. The number of fused-ring (bicyclic) bond motifs is 2. The number of phenols is 1. The van der Waals surface area contributed by atoms with Crippen LogP contribution in [0, 0.1) is 0 Å². The molecule has 0 aliphatic carbocycles. The molecule has 0 aliphatic rings. The van der Waals surface area contributed by atoms with Gasteiger partial charge in [-0.05, 0) is 29.2 Å². The van der Waals surface area contributed by atoms with Gasteiger partial charge in [-0.15, -0.1) is 0 Å². The number of phenolic OH excluding ortho intramolecular Hbond substituents is 1. The van der Waals surface area contributed by atoms with Gasteiger partial charge in [-0.1, -0.05) is 57.9 Å². The Morgan fingerprint density at radius 2 is 1.42 bits per heavy atom. The van der Waals surface area contributed by atoms with Crippen molar-refractivity contribution in [2.75, 3.05) is 12.0 Å². The van der Waals surface area contributed by atoms with Crippen molar-refractivity contribution < 1.29 is 129 Å². The minimum absolute atomic E-state index is 0. The Labute approximate surface area is 302 Å². The first kappa shape index (κ1) is 36.0. The first-order chi connectivity index (χ1) is 15.0. The molecule has 0 amide bonds. The third-order valence-corrected chi connectivity index (χ3v) is 4.13. The predicted molar refractivity (Wildman–Crippen MR) is 130 cm³/mol. The fourth-order valence-electron chi connectivity index (χ4n) is 2.37. The average Bonchev–Trinajstić information content (AvgIpc) is 2.81. The van der Waals surface area contributed by atoms with Crippen LogP contribution >= 0.6 is 45.8 Å². The number of carbonyl (C=O) groups is 1. The Bertz CT molecular complexity index is 1130. The van der Waals surface area contributed by atoms with Crippen LogP contribution in [0.3, 0.4) is 0 Å². The zero-order chi connectivity index (χ0) is 23.2. The predicted octanol–water partition coefficient (Wildman–Crippen LogP) is -0.903. The Balaban J connectivity index is -0.000000431. The Morgan fingerprint density at radius 3 is 1.88 bits per heavy atom. The Hall–Kier alpha value is 0.873. The van der Waals surface area contributed by atoms with Gasteiger partial charge in [-0.3, -0.25) is 14.8 Å². The van der Waals surface area contributed by atoms with Crippen molar-refractivity contribution in [2.24, 2.45) is 0 Å². The number of aromatic hydroxyl groups is 1. The van der Waals surface area contributed by atoms with Gasteiger partial charge in [0.1, 0.15) is 11.5 Å². The second-order valence-electron chi connectivity index (χ2n) is 5.38. The van der Waals surface area contributed by atoms with E-state index >= 15 is 0 Å². The number of aromatic nitrogens is 2. The zero-order valence-electron chi connectivity index (χ0n) is 19.5. The molecule has 0 fully saturated rings. The molecular formula is C21H19Cl2IK2N2O5. The van der Waals surface area contributed by atoms with Crippen LogP contribution in [-0.4, -0.2) is 33.6 Å². The standard InChI is InChI=1S/C10H8ClNO.C9H6ClNO.CH3I.CH2O3.2K.H/c1-13-8-5-7-3-2-4-12-10(7)9(11)6-8;10-8-5-7(12)4-6-2-1-3-11-9(6)8;1-2;2-1-4-3;;;/h2-6H,1H3;1-5,12H;1H3;1,3H;;;/q;;;;2*+1;-1/p-1. The van der Waals surface area contributed by atoms with Gasteiger partial charge in [0.15, 0.2) is 0 Å². The molecule has 2 heterocycles. The summed E-state index contributed by atoms with van der Waals surface area (Å²) in [5.41, 5.74) is 1.53. The molecule has 0 radical (unpaired) electrons. The molecule has 0 bridgehead atoms. The number of rotatable bonds is 2. The van der Waals surface area contributed by atoms with Crippen LogP contribution in [0.15, 0.2) is 60.9 Å². The fourth-order valence-corrected chi connectivity index (χ4v) is 2.91. The molecule has 7 nitrogen and oxygen atoms in total. The van der Waals surface area contributed by atoms with E-state index in [1.54, 1.807) is 37.7 Å². The molecule has 1 N–H and O–H groups in total. The maximum Gasteiger partial charge on any atom is 1.00 e. The largest absolute Gasteiger partial charge is 1.00 e. The van der Waals surface area contributed by atoms with Crippen LogP contribution in [0.25, 0.3) is 21.8 Å². The van der Waals surface area contributed by atoms with Crippen molar-refractivity contribution in [1.82, 2.24) is 9.97 Å². The molecule has 2 aromatic heterocycles. The molecule has 166 valence electrons. The first-order valence-corrected chi connectivity index (χ1v) is 11.3. The molecule has 0 unspecified atom stereocenters. The van der Waals surface area contributed by atoms with Gasteiger partial charge in [-0.2, -0.15) is 0 Å². The van der Waals surface area contributed by atoms with Crippen LogP contribution in [0.1, 0.15) is 1.43 Å². The number of hydrogen-bond acceptors (Lipinski definition) is 7. The number of nitrogens with zero attached hydrogens (tertiary/aromatic N) is 2. The average molecular weight is 655 g/mol. The third kappa shape index (κ3) is 12.6. The molecule has 33 heavy (non-hydrogen) atoms. The van der Waals surface area contributed by atoms with E-state index in [9.17, 15) is 5.11 Å². The summed E-state index contributed by atoms with van der Waals surface area (Å²) < 4.78 is 5.09. The zero-order valence-corrected chi connectivity index (χ0v) is 28.4. The van der Waals surface area contributed by atoms with Gasteiger partial charge in [0.25, 0.3) is 6.47 Å². The summed E-state index contributed by atoms with van der Waals surface area (Å²) in [6, 6.07) is 14.3. The van der Waals surface area contributed by atoms with E-state index in [2.05, 4.69) is 37.4 Å². The smallest absolute Gasteiger partial charge is 1.00 e. The molecule has 2 aromatic carbocycles. The van der Waals surface area contributed by atoms with Crippen LogP contribution in [0.4, 0.5) is 0 Å². The number of alkyl halides is 1. The summed E-state index contributed by atoms with van der Waals surface area (Å²) in [5.74, 6) is 0.922. The minimum atomic E-state index is -0.181. The van der Waals surface area contributed by atoms with Gasteiger partial charge in [-0.25, -0.2) is 0 Å². The molecule has 0 spiro atoms. The van der Waals surface area contributed by atoms with Crippen LogP contribution in [-0.2, 0) is 9.68 Å². The van der Waals surface area contributed by atoms with Crippen LogP contribution in [0.5, 0.6) is 11.5 Å². The quantitative estimate of drug-likeness (QED) is 0.0746. The number of benzene rings is 2. The van der Waals surface area contributed by atoms with Crippen molar-refractivity contribution in [3.05, 3.63) is 71.0 Å². The summed E-state index contributed by atoms with van der Waals surface area (Å²) in [6.45, 7) is -0.181. The number of ether oxygens (including phenoxy) is 1. The van der Waals surface area contributed by atoms with Gasteiger partial charge in [0.05, 0.1) is 28.2 Å². The molecule has 4 aromatic rings. The molecule has 12 heteroatoms. The van der Waals surface area contributed by atoms with Crippen molar-refractivity contribution >= 4 is 74.1 Å². The first-order valence-electron chi connectivity index (χ1n) is 8.41. The molecule has 0 aliphatic heterocycles. The van der Waals surface area contributed by atoms with Gasteiger partial charge in [0.2, 0.25) is 0 Å². The van der Waals surface area contributed by atoms with Gasteiger partial charge < -0.3 is 21.4 Å². The van der Waals surface area contributed by atoms with Crippen molar-refractivity contribution in [1.29, 1.82) is 0 Å². The number of hydrogen-bond donors (Lipinski definition) is 1.